The summed E-state index contributed by atoms with van der Waals surface area (Å²) in [6.07, 6.45) is 4.26. The van der Waals surface area contributed by atoms with Crippen molar-refractivity contribution in [2.24, 2.45) is 0 Å². The lowest BCUT2D eigenvalue weighted by atomic mass is 9.94. The minimum atomic E-state index is -0.527. The molecule has 2 rings (SSSR count). The van der Waals surface area contributed by atoms with Gasteiger partial charge in [0.25, 0.3) is 0 Å². The molecule has 0 unspecified atom stereocenters. The van der Waals surface area contributed by atoms with E-state index in [1.807, 2.05) is 6.92 Å². The van der Waals surface area contributed by atoms with E-state index in [9.17, 15) is 5.11 Å². The van der Waals surface area contributed by atoms with Crippen LogP contribution < -0.4 is 10.2 Å². The molecule has 0 bridgehead atoms. The molecule has 1 aromatic heterocycles. The van der Waals surface area contributed by atoms with Gasteiger partial charge in [-0.05, 0) is 33.1 Å². The molecule has 2 heterocycles. The molecule has 0 saturated carbocycles. The summed E-state index contributed by atoms with van der Waals surface area (Å²) in [5, 5.41) is 13.3. The van der Waals surface area contributed by atoms with Gasteiger partial charge in [0.2, 0.25) is 0 Å². The Hall–Kier alpha value is -1.36. The number of hydrogen-bond acceptors (Lipinski definition) is 5. The van der Waals surface area contributed by atoms with E-state index in [1.54, 1.807) is 6.33 Å². The molecule has 5 heteroatoms. The summed E-state index contributed by atoms with van der Waals surface area (Å²) < 4.78 is 0. The average Bonchev–Trinajstić information content (AvgIpc) is 2.38. The van der Waals surface area contributed by atoms with Crippen molar-refractivity contribution in [3.63, 3.8) is 0 Å². The third-order valence-corrected chi connectivity index (χ3v) is 3.74. The highest BCUT2D eigenvalue weighted by Crippen LogP contribution is 2.28. The summed E-state index contributed by atoms with van der Waals surface area (Å²) in [6.45, 7) is 8.71. The first kappa shape index (κ1) is 14.1. The molecule has 0 amide bonds. The monoisotopic (exact) mass is 264 g/mol. The van der Waals surface area contributed by atoms with Crippen LogP contribution in [-0.2, 0) is 0 Å². The van der Waals surface area contributed by atoms with Crippen LogP contribution in [0.25, 0.3) is 0 Å². The summed E-state index contributed by atoms with van der Waals surface area (Å²) in [7, 11) is 0. The lowest BCUT2D eigenvalue weighted by molar-refractivity contribution is 0.0350. The zero-order valence-electron chi connectivity index (χ0n) is 12.1. The summed E-state index contributed by atoms with van der Waals surface area (Å²) in [4.78, 5) is 11.0. The second-order valence-electron chi connectivity index (χ2n) is 5.58. The summed E-state index contributed by atoms with van der Waals surface area (Å²) in [6, 6.07) is 0. The molecule has 0 spiro atoms. The van der Waals surface area contributed by atoms with Crippen molar-refractivity contribution in [2.75, 3.05) is 29.9 Å². The van der Waals surface area contributed by atoms with Crippen LogP contribution in [0, 0.1) is 6.92 Å². The topological polar surface area (TPSA) is 61.3 Å². The number of aromatic nitrogens is 2. The zero-order valence-corrected chi connectivity index (χ0v) is 12.1. The Morgan fingerprint density at radius 2 is 2.05 bits per heavy atom. The maximum absolute atomic E-state index is 10.0. The Labute approximate surface area is 115 Å². The number of rotatable bonds is 4. The van der Waals surface area contributed by atoms with E-state index in [0.717, 1.165) is 56.1 Å². The van der Waals surface area contributed by atoms with Crippen LogP contribution in [0.4, 0.5) is 11.6 Å². The molecule has 19 heavy (non-hydrogen) atoms. The Balaban J connectivity index is 2.12. The SMILES string of the molecule is CCCNc1ncnc(N2CCC(C)(O)CC2)c1C. The lowest BCUT2D eigenvalue weighted by Gasteiger charge is -2.37. The zero-order chi connectivity index (χ0) is 13.9. The first-order valence-electron chi connectivity index (χ1n) is 7.06. The van der Waals surface area contributed by atoms with Crippen molar-refractivity contribution in [1.29, 1.82) is 0 Å². The predicted molar refractivity (Wildman–Crippen MR) is 77.6 cm³/mol. The molecule has 1 aliphatic heterocycles. The maximum atomic E-state index is 10.0. The van der Waals surface area contributed by atoms with Gasteiger partial charge in [0, 0.05) is 25.2 Å². The quantitative estimate of drug-likeness (QED) is 0.870. The first-order valence-corrected chi connectivity index (χ1v) is 7.06. The van der Waals surface area contributed by atoms with Gasteiger partial charge in [-0.25, -0.2) is 9.97 Å². The molecule has 0 atom stereocenters. The highest BCUT2D eigenvalue weighted by atomic mass is 16.3. The normalized spacial score (nSPS) is 18.4. The van der Waals surface area contributed by atoms with Crippen molar-refractivity contribution >= 4 is 11.6 Å². The molecule has 5 nitrogen and oxygen atoms in total. The molecular weight excluding hydrogens is 240 g/mol. The number of nitrogens with one attached hydrogen (secondary N) is 1. The van der Waals surface area contributed by atoms with E-state index in [0.29, 0.717) is 0 Å². The van der Waals surface area contributed by atoms with Crippen molar-refractivity contribution in [1.82, 2.24) is 9.97 Å². The van der Waals surface area contributed by atoms with Crippen molar-refractivity contribution in [3.05, 3.63) is 11.9 Å². The van der Waals surface area contributed by atoms with Crippen LogP contribution in [0.3, 0.4) is 0 Å². The Morgan fingerprint density at radius 3 is 2.68 bits per heavy atom. The Bertz CT molecular complexity index is 423. The van der Waals surface area contributed by atoms with Crippen LogP contribution in [0.5, 0.6) is 0 Å². The van der Waals surface area contributed by atoms with Gasteiger partial charge in [0.1, 0.15) is 18.0 Å². The lowest BCUT2D eigenvalue weighted by Crippen LogP contribution is -2.43. The third-order valence-electron chi connectivity index (χ3n) is 3.74. The molecule has 1 fully saturated rings. The number of hydrogen-bond donors (Lipinski definition) is 2. The van der Waals surface area contributed by atoms with Gasteiger partial charge in [-0.3, -0.25) is 0 Å². The minimum Gasteiger partial charge on any atom is -0.390 e. The molecule has 1 aliphatic rings. The Morgan fingerprint density at radius 1 is 1.37 bits per heavy atom. The second kappa shape index (κ2) is 5.74. The summed E-state index contributed by atoms with van der Waals surface area (Å²) in [5.41, 5.74) is 0.568. The fourth-order valence-corrected chi connectivity index (χ4v) is 2.38. The fraction of sp³-hybridized carbons (Fsp3) is 0.714. The largest absolute Gasteiger partial charge is 0.390 e. The third kappa shape index (κ3) is 3.35. The number of anilines is 2. The molecule has 1 aromatic rings. The predicted octanol–water partition coefficient (Wildman–Crippen LogP) is 1.96. The maximum Gasteiger partial charge on any atom is 0.137 e. The van der Waals surface area contributed by atoms with E-state index in [4.69, 9.17) is 0 Å². The smallest absolute Gasteiger partial charge is 0.137 e. The van der Waals surface area contributed by atoms with E-state index in [2.05, 4.69) is 34.0 Å². The molecular formula is C14H24N4O. The van der Waals surface area contributed by atoms with Gasteiger partial charge in [0.15, 0.2) is 0 Å². The van der Waals surface area contributed by atoms with Gasteiger partial charge in [0.05, 0.1) is 5.60 Å². The summed E-state index contributed by atoms with van der Waals surface area (Å²) >= 11 is 0. The first-order chi connectivity index (χ1) is 9.03. The molecule has 0 radical (unpaired) electrons. The number of aliphatic hydroxyl groups is 1. The van der Waals surface area contributed by atoms with E-state index in [-0.39, 0.29) is 0 Å². The van der Waals surface area contributed by atoms with Crippen molar-refractivity contribution in [2.45, 2.75) is 45.6 Å². The van der Waals surface area contributed by atoms with E-state index >= 15 is 0 Å². The van der Waals surface area contributed by atoms with Crippen molar-refractivity contribution in [3.8, 4) is 0 Å². The highest BCUT2D eigenvalue weighted by molar-refractivity contribution is 5.58. The van der Waals surface area contributed by atoms with E-state index in [1.165, 1.54) is 0 Å². The number of piperidine rings is 1. The number of nitrogens with zero attached hydrogens (tertiary/aromatic N) is 3. The molecule has 1 saturated heterocycles. The van der Waals surface area contributed by atoms with Gasteiger partial charge in [-0.15, -0.1) is 0 Å². The molecule has 0 aliphatic carbocycles. The van der Waals surface area contributed by atoms with E-state index < -0.39 is 5.60 Å². The molecule has 106 valence electrons. The van der Waals surface area contributed by atoms with Gasteiger partial charge >= 0.3 is 0 Å². The van der Waals surface area contributed by atoms with Crippen LogP contribution in [0.15, 0.2) is 6.33 Å². The van der Waals surface area contributed by atoms with Gasteiger partial charge < -0.3 is 15.3 Å². The molecule has 2 N–H and O–H groups in total. The Kier molecular flexibility index (Phi) is 4.24. The van der Waals surface area contributed by atoms with Crippen molar-refractivity contribution < 1.29 is 5.11 Å². The van der Waals surface area contributed by atoms with Crippen LogP contribution in [-0.4, -0.2) is 40.3 Å². The van der Waals surface area contributed by atoms with Crippen LogP contribution in [0.1, 0.15) is 38.7 Å². The summed E-state index contributed by atoms with van der Waals surface area (Å²) in [5.74, 6) is 1.91. The van der Waals surface area contributed by atoms with Gasteiger partial charge in [-0.1, -0.05) is 6.92 Å². The standard InChI is InChI=1S/C14H24N4O/c1-4-7-15-12-11(2)13(17-10-16-12)18-8-5-14(3,19)6-9-18/h10,19H,4-9H2,1-3H3,(H,15,16,17). The average molecular weight is 264 g/mol. The fourth-order valence-electron chi connectivity index (χ4n) is 2.38. The molecule has 0 aromatic carbocycles. The minimum absolute atomic E-state index is 0.527. The van der Waals surface area contributed by atoms with Gasteiger partial charge in [-0.2, -0.15) is 0 Å². The highest BCUT2D eigenvalue weighted by Gasteiger charge is 2.28. The van der Waals surface area contributed by atoms with Crippen LogP contribution >= 0.6 is 0 Å². The van der Waals surface area contributed by atoms with Crippen LogP contribution in [0.2, 0.25) is 0 Å². The second-order valence-corrected chi connectivity index (χ2v) is 5.58.